The van der Waals surface area contributed by atoms with Gasteiger partial charge in [-0.25, -0.2) is 0 Å². The van der Waals surface area contributed by atoms with E-state index in [1.165, 1.54) is 20.0 Å². The summed E-state index contributed by atoms with van der Waals surface area (Å²) in [7, 11) is 1.39. The Morgan fingerprint density at radius 3 is 2.58 bits per heavy atom. The van der Waals surface area contributed by atoms with E-state index < -0.39 is 41.8 Å². The van der Waals surface area contributed by atoms with Gasteiger partial charge in [0.15, 0.2) is 0 Å². The van der Waals surface area contributed by atoms with Crippen LogP contribution in [0.15, 0.2) is 16.5 Å². The fourth-order valence-electron chi connectivity index (χ4n) is 2.81. The van der Waals surface area contributed by atoms with Crippen molar-refractivity contribution in [1.29, 1.82) is 0 Å². The van der Waals surface area contributed by atoms with Crippen molar-refractivity contribution in [3.05, 3.63) is 23.7 Å². The summed E-state index contributed by atoms with van der Waals surface area (Å²) >= 11 is 0. The van der Waals surface area contributed by atoms with Crippen LogP contribution in [-0.4, -0.2) is 47.6 Å². The van der Waals surface area contributed by atoms with Crippen LogP contribution in [-0.2, 0) is 15.2 Å². The van der Waals surface area contributed by atoms with Crippen molar-refractivity contribution in [2.24, 2.45) is 0 Å². The number of carbonyl (C=O) groups is 2. The predicted molar refractivity (Wildman–Crippen MR) is 76.8 cm³/mol. The van der Waals surface area contributed by atoms with Gasteiger partial charge in [-0.2, -0.15) is 13.2 Å². The van der Waals surface area contributed by atoms with Crippen LogP contribution in [0.2, 0.25) is 0 Å². The lowest BCUT2D eigenvalue weighted by Gasteiger charge is -2.31. The number of likely N-dealkylation sites (N-methyl/N-ethyl adjacent to an activating group) is 1. The van der Waals surface area contributed by atoms with Crippen LogP contribution in [0.25, 0.3) is 0 Å². The van der Waals surface area contributed by atoms with Crippen molar-refractivity contribution in [2.75, 3.05) is 13.6 Å². The minimum atomic E-state index is -5.10. The average Bonchev–Trinajstić information content (AvgIpc) is 3.13. The monoisotopic (exact) mass is 348 g/mol. The van der Waals surface area contributed by atoms with Crippen molar-refractivity contribution >= 4 is 11.8 Å². The fourth-order valence-corrected chi connectivity index (χ4v) is 2.81. The lowest BCUT2D eigenvalue weighted by molar-refractivity contribution is -0.274. The van der Waals surface area contributed by atoms with Gasteiger partial charge in [-0.1, -0.05) is 0 Å². The number of likely N-dealkylation sites (tertiary alicyclic amines) is 1. The maximum absolute atomic E-state index is 13.4. The highest BCUT2D eigenvalue weighted by atomic mass is 19.4. The van der Waals surface area contributed by atoms with Crippen molar-refractivity contribution < 1.29 is 32.3 Å². The van der Waals surface area contributed by atoms with Crippen LogP contribution >= 0.6 is 0 Å². The Labute approximate surface area is 136 Å². The first-order valence-electron chi connectivity index (χ1n) is 7.47. The molecule has 2 unspecified atom stereocenters. The lowest BCUT2D eigenvalue weighted by atomic mass is 9.94. The van der Waals surface area contributed by atoms with Crippen molar-refractivity contribution in [2.45, 2.75) is 44.0 Å². The van der Waals surface area contributed by atoms with Gasteiger partial charge >= 0.3 is 6.18 Å². The summed E-state index contributed by atoms with van der Waals surface area (Å²) in [5.41, 5.74) is -3.44. The number of nitrogens with zero attached hydrogens (tertiary/aromatic N) is 1. The summed E-state index contributed by atoms with van der Waals surface area (Å²) in [5, 5.41) is 12.6. The highest BCUT2D eigenvalue weighted by Crippen LogP contribution is 2.43. The molecule has 2 N–H and O–H groups in total. The van der Waals surface area contributed by atoms with Crippen molar-refractivity contribution in [3.8, 4) is 0 Å². The summed E-state index contributed by atoms with van der Waals surface area (Å²) in [6.07, 6.45) is -5.46. The number of aryl methyl sites for hydroxylation is 1. The van der Waals surface area contributed by atoms with Crippen LogP contribution in [0.5, 0.6) is 0 Å². The second-order valence-corrected chi connectivity index (χ2v) is 5.80. The zero-order valence-electron chi connectivity index (χ0n) is 13.3. The van der Waals surface area contributed by atoms with E-state index in [1.54, 1.807) is 0 Å². The summed E-state index contributed by atoms with van der Waals surface area (Å²) in [6.45, 7) is 1.60. The van der Waals surface area contributed by atoms with Gasteiger partial charge in [0.25, 0.3) is 0 Å². The first kappa shape index (κ1) is 18.3. The quantitative estimate of drug-likeness (QED) is 0.863. The van der Waals surface area contributed by atoms with Gasteiger partial charge in [-0.15, -0.1) is 0 Å². The molecule has 1 fully saturated rings. The van der Waals surface area contributed by atoms with Crippen molar-refractivity contribution in [3.63, 3.8) is 0 Å². The largest absolute Gasteiger partial charge is 0.463 e. The molecule has 0 aliphatic carbocycles. The molecule has 24 heavy (non-hydrogen) atoms. The molecule has 1 aromatic rings. The Morgan fingerprint density at radius 2 is 2.08 bits per heavy atom. The number of aliphatic hydroxyl groups is 1. The fraction of sp³-hybridized carbons (Fsp3) is 0.600. The smallest absolute Gasteiger partial charge is 0.425 e. The van der Waals surface area contributed by atoms with E-state index in [0.717, 1.165) is 11.0 Å². The number of nitrogens with one attached hydrogen (secondary N) is 1. The predicted octanol–water partition coefficient (Wildman–Crippen LogP) is 1.47. The number of hydrogen-bond acceptors (Lipinski definition) is 4. The lowest BCUT2D eigenvalue weighted by Crippen LogP contribution is -2.50. The van der Waals surface area contributed by atoms with Gasteiger partial charge in [-0.3, -0.25) is 9.59 Å². The minimum Gasteiger partial charge on any atom is -0.463 e. The van der Waals surface area contributed by atoms with E-state index >= 15 is 0 Å². The molecule has 2 amide bonds. The van der Waals surface area contributed by atoms with Crippen LogP contribution in [0.3, 0.4) is 0 Å². The molecule has 6 nitrogen and oxygen atoms in total. The Balaban J connectivity index is 2.27. The molecule has 0 bridgehead atoms. The molecule has 134 valence electrons. The van der Waals surface area contributed by atoms with Gasteiger partial charge in [0, 0.05) is 13.6 Å². The normalized spacial score (nSPS) is 20.8. The summed E-state index contributed by atoms with van der Waals surface area (Å²) in [4.78, 5) is 25.2. The molecule has 1 aliphatic heterocycles. The van der Waals surface area contributed by atoms with Crippen LogP contribution < -0.4 is 5.32 Å². The van der Waals surface area contributed by atoms with Gasteiger partial charge in [0.1, 0.15) is 17.6 Å². The van der Waals surface area contributed by atoms with E-state index in [4.69, 9.17) is 4.42 Å². The molecule has 2 atom stereocenters. The average molecular weight is 348 g/mol. The Hall–Kier alpha value is -2.03. The van der Waals surface area contributed by atoms with Gasteiger partial charge in [-0.05, 0) is 31.9 Å². The SMILES string of the molecule is CNC(=O)C1CCCN1C(=O)CC(O)(c1ccc(C)o1)C(F)(F)F. The van der Waals surface area contributed by atoms with E-state index in [0.29, 0.717) is 12.8 Å². The molecular formula is C15H19F3N2O4. The first-order valence-corrected chi connectivity index (χ1v) is 7.47. The van der Waals surface area contributed by atoms with Gasteiger partial charge in [0.2, 0.25) is 17.4 Å². The summed E-state index contributed by atoms with van der Waals surface area (Å²) in [5.74, 6) is -1.94. The third kappa shape index (κ3) is 3.26. The molecule has 1 saturated heterocycles. The standard InChI is InChI=1S/C15H19F3N2O4/c1-9-5-6-11(24-9)14(23,15(16,17)18)8-12(21)20-7-3-4-10(20)13(22)19-2/h5-6,10,23H,3-4,7-8H2,1-2H3,(H,19,22). The van der Waals surface area contributed by atoms with E-state index in [9.17, 15) is 27.9 Å². The zero-order chi connectivity index (χ0) is 18.1. The third-order valence-corrected chi connectivity index (χ3v) is 4.15. The minimum absolute atomic E-state index is 0.169. The number of halogens is 3. The molecule has 9 heteroatoms. The molecule has 2 heterocycles. The molecule has 0 radical (unpaired) electrons. The number of amides is 2. The molecular weight excluding hydrogens is 329 g/mol. The van der Waals surface area contributed by atoms with Crippen LogP contribution in [0.1, 0.15) is 30.8 Å². The molecule has 0 saturated carbocycles. The van der Waals surface area contributed by atoms with Crippen LogP contribution in [0, 0.1) is 6.92 Å². The maximum Gasteiger partial charge on any atom is 0.425 e. The van der Waals surface area contributed by atoms with Crippen molar-refractivity contribution in [1.82, 2.24) is 10.2 Å². The summed E-state index contributed by atoms with van der Waals surface area (Å²) < 4.78 is 45.1. The van der Waals surface area contributed by atoms with Gasteiger partial charge in [0.05, 0.1) is 6.42 Å². The first-order chi connectivity index (χ1) is 11.1. The second kappa shape index (κ2) is 6.46. The van der Waals surface area contributed by atoms with E-state index in [1.807, 2.05) is 0 Å². The highest BCUT2D eigenvalue weighted by Gasteiger charge is 2.59. The number of carbonyl (C=O) groups excluding carboxylic acids is 2. The number of furan rings is 1. The molecule has 0 spiro atoms. The molecule has 1 aromatic heterocycles. The number of hydrogen-bond donors (Lipinski definition) is 2. The topological polar surface area (TPSA) is 82.8 Å². The molecule has 0 aromatic carbocycles. The van der Waals surface area contributed by atoms with E-state index in [-0.39, 0.29) is 12.3 Å². The second-order valence-electron chi connectivity index (χ2n) is 5.80. The van der Waals surface area contributed by atoms with Gasteiger partial charge < -0.3 is 19.7 Å². The van der Waals surface area contributed by atoms with E-state index in [2.05, 4.69) is 5.32 Å². The van der Waals surface area contributed by atoms with Crippen LogP contribution in [0.4, 0.5) is 13.2 Å². The zero-order valence-corrected chi connectivity index (χ0v) is 13.3. The Kier molecular flexibility index (Phi) is 4.93. The molecule has 2 rings (SSSR count). The summed E-state index contributed by atoms with van der Waals surface area (Å²) in [6, 6.07) is 1.45. The Bertz CT molecular complexity index is 628. The Morgan fingerprint density at radius 1 is 1.42 bits per heavy atom. The maximum atomic E-state index is 13.4. The third-order valence-electron chi connectivity index (χ3n) is 4.15. The highest BCUT2D eigenvalue weighted by molar-refractivity contribution is 5.88. The number of alkyl halides is 3. The number of rotatable bonds is 4. The molecule has 1 aliphatic rings.